The van der Waals surface area contributed by atoms with Crippen molar-refractivity contribution in [3.05, 3.63) is 30.0 Å². The molecular formula is C13H17N3O2S. The minimum atomic E-state index is -0.252. The van der Waals surface area contributed by atoms with Crippen molar-refractivity contribution in [1.82, 2.24) is 15.5 Å². The molecule has 1 aromatic carbocycles. The van der Waals surface area contributed by atoms with Crippen molar-refractivity contribution in [1.29, 1.82) is 0 Å². The van der Waals surface area contributed by atoms with Gasteiger partial charge < -0.3 is 10.4 Å². The summed E-state index contributed by atoms with van der Waals surface area (Å²) >= 11 is 1.69. The van der Waals surface area contributed by atoms with Crippen LogP contribution < -0.4 is 5.32 Å². The molecule has 0 saturated heterocycles. The summed E-state index contributed by atoms with van der Waals surface area (Å²) in [5.41, 5.74) is 1.20. The number of aromatic nitrogens is 2. The third kappa shape index (κ3) is 3.27. The smallest absolute Gasteiger partial charge is 0.272 e. The predicted octanol–water partition coefficient (Wildman–Crippen LogP) is 1.41. The molecule has 0 aliphatic rings. The van der Waals surface area contributed by atoms with Crippen LogP contribution in [0.4, 0.5) is 0 Å². The van der Waals surface area contributed by atoms with E-state index in [1.54, 1.807) is 11.8 Å². The van der Waals surface area contributed by atoms with Gasteiger partial charge in [-0.15, -0.1) is 0 Å². The van der Waals surface area contributed by atoms with Gasteiger partial charge in [0.15, 0.2) is 5.69 Å². The number of H-pyrrole nitrogens is 1. The number of para-hydroxylation sites is 1. The Bertz CT molecular complexity index is 556. The van der Waals surface area contributed by atoms with Gasteiger partial charge >= 0.3 is 0 Å². The number of hydrogen-bond acceptors (Lipinski definition) is 4. The van der Waals surface area contributed by atoms with Crippen molar-refractivity contribution in [3.63, 3.8) is 0 Å². The Morgan fingerprint density at radius 1 is 1.53 bits per heavy atom. The molecule has 1 heterocycles. The van der Waals surface area contributed by atoms with Crippen LogP contribution in [0.15, 0.2) is 24.3 Å². The zero-order chi connectivity index (χ0) is 13.7. The predicted molar refractivity (Wildman–Crippen MR) is 77.4 cm³/mol. The number of aliphatic hydroxyl groups is 1. The van der Waals surface area contributed by atoms with Crippen LogP contribution in [0.3, 0.4) is 0 Å². The number of aliphatic hydroxyl groups excluding tert-OH is 1. The Morgan fingerprint density at radius 2 is 2.32 bits per heavy atom. The molecule has 102 valence electrons. The van der Waals surface area contributed by atoms with Crippen LogP contribution >= 0.6 is 11.8 Å². The van der Waals surface area contributed by atoms with E-state index in [-0.39, 0.29) is 18.6 Å². The molecule has 2 rings (SSSR count). The summed E-state index contributed by atoms with van der Waals surface area (Å²) < 4.78 is 0. The molecule has 0 saturated carbocycles. The Balaban J connectivity index is 2.10. The maximum Gasteiger partial charge on any atom is 0.272 e. The van der Waals surface area contributed by atoms with Crippen molar-refractivity contribution in [3.8, 4) is 0 Å². The third-order valence-corrected chi connectivity index (χ3v) is 3.56. The summed E-state index contributed by atoms with van der Waals surface area (Å²) in [4.78, 5) is 12.1. The summed E-state index contributed by atoms with van der Waals surface area (Å²) in [6.45, 7) is -0.0609. The van der Waals surface area contributed by atoms with E-state index in [1.807, 2.05) is 30.5 Å². The second-order valence-corrected chi connectivity index (χ2v) is 5.24. The van der Waals surface area contributed by atoms with Crippen LogP contribution in [0, 0.1) is 0 Å². The quantitative estimate of drug-likeness (QED) is 0.747. The van der Waals surface area contributed by atoms with E-state index in [0.29, 0.717) is 5.69 Å². The van der Waals surface area contributed by atoms with Gasteiger partial charge in [-0.2, -0.15) is 16.9 Å². The number of benzene rings is 1. The number of aromatic amines is 1. The first-order chi connectivity index (χ1) is 9.26. The van der Waals surface area contributed by atoms with Crippen LogP contribution in [0.5, 0.6) is 0 Å². The molecule has 5 nitrogen and oxygen atoms in total. The first kappa shape index (κ1) is 13.9. The molecule has 0 aliphatic carbocycles. The lowest BCUT2D eigenvalue weighted by Gasteiger charge is -2.14. The normalized spacial score (nSPS) is 12.5. The number of thioether (sulfide) groups is 1. The molecule has 0 fully saturated rings. The fourth-order valence-electron chi connectivity index (χ4n) is 1.86. The first-order valence-corrected chi connectivity index (χ1v) is 7.49. The van der Waals surface area contributed by atoms with Crippen molar-refractivity contribution in [2.45, 2.75) is 12.5 Å². The molecule has 0 radical (unpaired) electrons. The molecule has 0 spiro atoms. The zero-order valence-corrected chi connectivity index (χ0v) is 11.5. The molecule has 0 unspecified atom stereocenters. The Kier molecular flexibility index (Phi) is 4.81. The van der Waals surface area contributed by atoms with Gasteiger partial charge in [-0.05, 0) is 24.5 Å². The molecule has 19 heavy (non-hydrogen) atoms. The van der Waals surface area contributed by atoms with Crippen molar-refractivity contribution in [2.24, 2.45) is 0 Å². The average Bonchev–Trinajstić information content (AvgIpc) is 2.87. The molecule has 0 bridgehead atoms. The minimum Gasteiger partial charge on any atom is -0.394 e. The van der Waals surface area contributed by atoms with Crippen molar-refractivity contribution >= 4 is 28.6 Å². The van der Waals surface area contributed by atoms with Gasteiger partial charge in [-0.25, -0.2) is 0 Å². The number of carbonyl (C=O) groups excluding carboxylic acids is 1. The number of carbonyl (C=O) groups is 1. The number of nitrogens with one attached hydrogen (secondary N) is 2. The lowest BCUT2D eigenvalue weighted by Crippen LogP contribution is -2.38. The molecule has 1 amide bonds. The van der Waals surface area contributed by atoms with E-state index in [4.69, 9.17) is 0 Å². The van der Waals surface area contributed by atoms with E-state index in [0.717, 1.165) is 23.1 Å². The van der Waals surface area contributed by atoms with Gasteiger partial charge in [-0.3, -0.25) is 9.89 Å². The largest absolute Gasteiger partial charge is 0.394 e. The second-order valence-electron chi connectivity index (χ2n) is 4.25. The Hall–Kier alpha value is -1.53. The number of fused-ring (bicyclic) bond motifs is 1. The van der Waals surface area contributed by atoms with Gasteiger partial charge in [0, 0.05) is 5.39 Å². The monoisotopic (exact) mass is 279 g/mol. The average molecular weight is 279 g/mol. The highest BCUT2D eigenvalue weighted by atomic mass is 32.2. The zero-order valence-electron chi connectivity index (χ0n) is 10.7. The van der Waals surface area contributed by atoms with Gasteiger partial charge in [0.1, 0.15) is 0 Å². The molecule has 2 aromatic rings. The number of rotatable bonds is 6. The van der Waals surface area contributed by atoms with Crippen molar-refractivity contribution in [2.75, 3.05) is 18.6 Å². The van der Waals surface area contributed by atoms with Crippen LogP contribution in [0.25, 0.3) is 10.9 Å². The van der Waals surface area contributed by atoms with Crippen LogP contribution in [0.1, 0.15) is 16.9 Å². The maximum atomic E-state index is 12.1. The highest BCUT2D eigenvalue weighted by molar-refractivity contribution is 7.98. The molecular weight excluding hydrogens is 262 g/mol. The molecule has 3 N–H and O–H groups in total. The first-order valence-electron chi connectivity index (χ1n) is 6.10. The summed E-state index contributed by atoms with van der Waals surface area (Å²) in [5, 5.41) is 19.7. The Labute approximate surface area is 115 Å². The summed E-state index contributed by atoms with van der Waals surface area (Å²) in [6.07, 6.45) is 2.74. The molecule has 1 atom stereocenters. The summed E-state index contributed by atoms with van der Waals surface area (Å²) in [6, 6.07) is 7.25. The minimum absolute atomic E-state index is 0.0609. The van der Waals surface area contributed by atoms with E-state index in [1.165, 1.54) is 0 Å². The van der Waals surface area contributed by atoms with Crippen LogP contribution in [-0.2, 0) is 0 Å². The van der Waals surface area contributed by atoms with Crippen molar-refractivity contribution < 1.29 is 9.90 Å². The van der Waals surface area contributed by atoms with Crippen LogP contribution in [-0.4, -0.2) is 45.9 Å². The topological polar surface area (TPSA) is 78.0 Å². The van der Waals surface area contributed by atoms with E-state index >= 15 is 0 Å². The standard InChI is InChI=1S/C13H17N3O2S/c1-19-7-6-9(8-17)14-13(18)12-10-4-2-3-5-11(10)15-16-12/h2-5,9,17H,6-8H2,1H3,(H,14,18)(H,15,16)/t9-/m1/s1. The lowest BCUT2D eigenvalue weighted by molar-refractivity contribution is 0.0912. The van der Waals surface area contributed by atoms with E-state index < -0.39 is 0 Å². The van der Waals surface area contributed by atoms with Crippen LogP contribution in [0.2, 0.25) is 0 Å². The summed E-state index contributed by atoms with van der Waals surface area (Å²) in [7, 11) is 0. The lowest BCUT2D eigenvalue weighted by atomic mass is 10.2. The summed E-state index contributed by atoms with van der Waals surface area (Å²) in [5.74, 6) is 0.643. The maximum absolute atomic E-state index is 12.1. The number of nitrogens with zero attached hydrogens (tertiary/aromatic N) is 1. The number of amides is 1. The SMILES string of the molecule is CSCC[C@H](CO)NC(=O)c1n[nH]c2ccccc12. The van der Waals surface area contributed by atoms with E-state index in [2.05, 4.69) is 15.5 Å². The van der Waals surface area contributed by atoms with Gasteiger partial charge in [-0.1, -0.05) is 18.2 Å². The molecule has 1 aromatic heterocycles. The van der Waals surface area contributed by atoms with Gasteiger partial charge in [0.05, 0.1) is 18.2 Å². The molecule has 0 aliphatic heterocycles. The second kappa shape index (κ2) is 6.58. The highest BCUT2D eigenvalue weighted by Crippen LogP contribution is 2.15. The van der Waals surface area contributed by atoms with E-state index in [9.17, 15) is 9.90 Å². The third-order valence-electron chi connectivity index (χ3n) is 2.91. The molecule has 6 heteroatoms. The highest BCUT2D eigenvalue weighted by Gasteiger charge is 2.17. The Morgan fingerprint density at radius 3 is 3.05 bits per heavy atom. The number of hydrogen-bond donors (Lipinski definition) is 3. The van der Waals surface area contributed by atoms with Gasteiger partial charge in [0.2, 0.25) is 0 Å². The van der Waals surface area contributed by atoms with Gasteiger partial charge in [0.25, 0.3) is 5.91 Å². The fourth-order valence-corrected chi connectivity index (χ4v) is 2.38. The fraction of sp³-hybridized carbons (Fsp3) is 0.385.